The maximum absolute atomic E-state index is 12.1. The zero-order valence-corrected chi connectivity index (χ0v) is 15.5. The molecule has 0 aliphatic heterocycles. The smallest absolute Gasteiger partial charge is 0.332 e. The highest BCUT2D eigenvalue weighted by Crippen LogP contribution is 2.47. The molecule has 23 heavy (non-hydrogen) atoms. The fourth-order valence-corrected chi connectivity index (χ4v) is 3.30. The van der Waals surface area contributed by atoms with Gasteiger partial charge in [0.05, 0.1) is 65.2 Å². The van der Waals surface area contributed by atoms with Crippen LogP contribution in [0.4, 0.5) is 0 Å². The van der Waals surface area contributed by atoms with E-state index < -0.39 is 15.2 Å². The van der Waals surface area contributed by atoms with Gasteiger partial charge in [-0.05, 0) is 13.8 Å². The van der Waals surface area contributed by atoms with E-state index in [4.69, 9.17) is 33.0 Å². The van der Waals surface area contributed by atoms with Crippen molar-refractivity contribution in [3.63, 3.8) is 0 Å². The molecule has 0 aromatic rings. The summed E-state index contributed by atoms with van der Waals surface area (Å²) in [5.41, 5.74) is 0. The van der Waals surface area contributed by atoms with Crippen LogP contribution in [0.3, 0.4) is 0 Å². The summed E-state index contributed by atoms with van der Waals surface area (Å²) < 4.78 is 48.4. The molecule has 0 aromatic heterocycles. The fourth-order valence-electron chi connectivity index (χ4n) is 1.46. The topological polar surface area (TPSA) is 121 Å². The third kappa shape index (κ3) is 15.4. The van der Waals surface area contributed by atoms with Crippen molar-refractivity contribution in [1.29, 1.82) is 0 Å². The van der Waals surface area contributed by atoms with Gasteiger partial charge in [-0.1, -0.05) is 0 Å². The Balaban J connectivity index is 3.45. The lowest BCUT2D eigenvalue weighted by atomic mass is 10.7. The lowest BCUT2D eigenvalue weighted by Gasteiger charge is -2.16. The molecule has 0 saturated carbocycles. The standard InChI is InChI=1S/C12H28O9P2/c1-3-20-23(16,21-4-2)12-10-19-8-6-17-5-7-18-9-11-22(13,14)15/h3-12H2,1-2H3,(H2,13,14,15). The summed E-state index contributed by atoms with van der Waals surface area (Å²) in [6, 6.07) is 0. The van der Waals surface area contributed by atoms with Gasteiger partial charge in [-0.2, -0.15) is 0 Å². The first kappa shape index (κ1) is 23.2. The Morgan fingerprint density at radius 1 is 0.696 bits per heavy atom. The van der Waals surface area contributed by atoms with Crippen LogP contribution in [0, 0.1) is 0 Å². The lowest BCUT2D eigenvalue weighted by Crippen LogP contribution is -2.13. The molecule has 0 bridgehead atoms. The fraction of sp³-hybridized carbons (Fsp3) is 1.00. The molecule has 2 N–H and O–H groups in total. The Hall–Kier alpha value is 0.180. The molecule has 0 amide bonds. The quantitative estimate of drug-likeness (QED) is 0.304. The number of hydrogen-bond donors (Lipinski definition) is 2. The van der Waals surface area contributed by atoms with E-state index in [1.54, 1.807) is 13.8 Å². The van der Waals surface area contributed by atoms with Gasteiger partial charge in [0, 0.05) is 0 Å². The van der Waals surface area contributed by atoms with Gasteiger partial charge in [0.15, 0.2) is 0 Å². The van der Waals surface area contributed by atoms with E-state index in [9.17, 15) is 9.13 Å². The normalized spacial score (nSPS) is 12.7. The van der Waals surface area contributed by atoms with Crippen molar-refractivity contribution < 1.29 is 42.2 Å². The van der Waals surface area contributed by atoms with Gasteiger partial charge in [-0.25, -0.2) is 0 Å². The molecular formula is C12H28O9P2. The van der Waals surface area contributed by atoms with E-state index in [0.717, 1.165) is 0 Å². The average molecular weight is 378 g/mol. The first-order valence-corrected chi connectivity index (χ1v) is 11.0. The van der Waals surface area contributed by atoms with Gasteiger partial charge in [-0.15, -0.1) is 0 Å². The van der Waals surface area contributed by atoms with Crippen molar-refractivity contribution in [3.8, 4) is 0 Å². The molecule has 0 radical (unpaired) electrons. The van der Waals surface area contributed by atoms with Crippen LogP contribution in [0.1, 0.15) is 13.8 Å². The summed E-state index contributed by atoms with van der Waals surface area (Å²) >= 11 is 0. The summed E-state index contributed by atoms with van der Waals surface area (Å²) in [5, 5.41) is 0. The monoisotopic (exact) mass is 378 g/mol. The lowest BCUT2D eigenvalue weighted by molar-refractivity contribution is 0.0191. The second kappa shape index (κ2) is 13.5. The van der Waals surface area contributed by atoms with Crippen LogP contribution < -0.4 is 0 Å². The molecule has 9 nitrogen and oxygen atoms in total. The van der Waals surface area contributed by atoms with Crippen molar-refractivity contribution in [2.45, 2.75) is 13.8 Å². The molecule has 0 fully saturated rings. The highest BCUT2D eigenvalue weighted by atomic mass is 31.2. The minimum absolute atomic E-state index is 0.00567. The first-order chi connectivity index (χ1) is 10.8. The third-order valence-electron chi connectivity index (χ3n) is 2.43. The minimum Gasteiger partial charge on any atom is -0.378 e. The Kier molecular flexibility index (Phi) is 13.6. The second-order valence-corrected chi connectivity index (χ2v) is 8.36. The molecule has 11 heteroatoms. The van der Waals surface area contributed by atoms with Crippen molar-refractivity contribution >= 4 is 15.2 Å². The molecule has 0 aliphatic rings. The summed E-state index contributed by atoms with van der Waals surface area (Å²) in [4.78, 5) is 17.2. The molecule has 0 unspecified atom stereocenters. The van der Waals surface area contributed by atoms with E-state index in [0.29, 0.717) is 33.0 Å². The van der Waals surface area contributed by atoms with Crippen LogP contribution in [0.25, 0.3) is 0 Å². The molecule has 140 valence electrons. The maximum Gasteiger partial charge on any atom is 0.332 e. The van der Waals surface area contributed by atoms with Gasteiger partial charge in [-0.3, -0.25) is 9.13 Å². The van der Waals surface area contributed by atoms with Crippen molar-refractivity contribution in [2.24, 2.45) is 0 Å². The van der Waals surface area contributed by atoms with Gasteiger partial charge < -0.3 is 33.0 Å². The highest BCUT2D eigenvalue weighted by molar-refractivity contribution is 7.53. The van der Waals surface area contributed by atoms with Crippen LogP contribution in [0.15, 0.2) is 0 Å². The van der Waals surface area contributed by atoms with Crippen LogP contribution in [-0.4, -0.2) is 75.0 Å². The summed E-state index contributed by atoms with van der Waals surface area (Å²) in [5.74, 6) is 0. The molecule has 0 saturated heterocycles. The van der Waals surface area contributed by atoms with E-state index in [-0.39, 0.29) is 32.1 Å². The Morgan fingerprint density at radius 3 is 1.48 bits per heavy atom. The molecule has 0 atom stereocenters. The van der Waals surface area contributed by atoms with Crippen LogP contribution in [0.2, 0.25) is 0 Å². The molecule has 0 heterocycles. The van der Waals surface area contributed by atoms with Gasteiger partial charge in [0.1, 0.15) is 0 Å². The SMILES string of the molecule is CCOP(=O)(CCOCCOCCOCCP(=O)(O)O)OCC. The molecular weight excluding hydrogens is 350 g/mol. The average Bonchev–Trinajstić information content (AvgIpc) is 2.44. The summed E-state index contributed by atoms with van der Waals surface area (Å²) in [7, 11) is -7.05. The van der Waals surface area contributed by atoms with Crippen molar-refractivity contribution in [1.82, 2.24) is 0 Å². The zero-order chi connectivity index (χ0) is 17.6. The highest BCUT2D eigenvalue weighted by Gasteiger charge is 2.22. The van der Waals surface area contributed by atoms with E-state index in [1.165, 1.54) is 0 Å². The summed E-state index contributed by atoms with van der Waals surface area (Å²) in [6.07, 6.45) is -0.101. The molecule has 0 rings (SSSR count). The third-order valence-corrected chi connectivity index (χ3v) is 5.23. The molecule has 0 spiro atoms. The Labute approximate surface area is 137 Å². The molecule has 0 aromatic carbocycles. The van der Waals surface area contributed by atoms with Crippen molar-refractivity contribution in [3.05, 3.63) is 0 Å². The van der Waals surface area contributed by atoms with Gasteiger partial charge in [0.25, 0.3) is 0 Å². The van der Waals surface area contributed by atoms with Crippen LogP contribution >= 0.6 is 15.2 Å². The second-order valence-electron chi connectivity index (χ2n) is 4.40. The van der Waals surface area contributed by atoms with E-state index in [2.05, 4.69) is 0 Å². The number of rotatable bonds is 16. The van der Waals surface area contributed by atoms with Crippen molar-refractivity contribution in [2.75, 3.05) is 65.2 Å². The van der Waals surface area contributed by atoms with Crippen LogP contribution in [0.5, 0.6) is 0 Å². The minimum atomic E-state index is -3.99. The number of hydrogen-bond acceptors (Lipinski definition) is 7. The predicted molar refractivity (Wildman–Crippen MR) is 85.1 cm³/mol. The Morgan fingerprint density at radius 2 is 1.09 bits per heavy atom. The predicted octanol–water partition coefficient (Wildman–Crippen LogP) is 1.48. The van der Waals surface area contributed by atoms with Crippen LogP contribution in [-0.2, 0) is 32.4 Å². The summed E-state index contributed by atoms with van der Waals surface area (Å²) in [6.45, 7) is 5.63. The van der Waals surface area contributed by atoms with E-state index in [1.807, 2.05) is 0 Å². The van der Waals surface area contributed by atoms with Gasteiger partial charge >= 0.3 is 15.2 Å². The maximum atomic E-state index is 12.1. The largest absolute Gasteiger partial charge is 0.378 e. The van der Waals surface area contributed by atoms with Gasteiger partial charge in [0.2, 0.25) is 0 Å². The first-order valence-electron chi connectivity index (χ1n) is 7.49. The zero-order valence-electron chi connectivity index (χ0n) is 13.7. The molecule has 0 aliphatic carbocycles. The Bertz CT molecular complexity index is 362. The number of ether oxygens (including phenoxy) is 3. The van der Waals surface area contributed by atoms with E-state index >= 15 is 0 Å².